The minimum Gasteiger partial charge on any atom is -0.385 e. The zero-order valence-electron chi connectivity index (χ0n) is 19.4. The summed E-state index contributed by atoms with van der Waals surface area (Å²) >= 11 is 7.47. The highest BCUT2D eigenvalue weighted by molar-refractivity contribution is 7.99. The molecule has 0 spiro atoms. The Labute approximate surface area is 208 Å². The first-order valence-corrected chi connectivity index (χ1v) is 12.3. The van der Waals surface area contributed by atoms with Crippen molar-refractivity contribution in [3.05, 3.63) is 76.8 Å². The lowest BCUT2D eigenvalue weighted by Gasteiger charge is -2.11. The van der Waals surface area contributed by atoms with E-state index >= 15 is 0 Å². The van der Waals surface area contributed by atoms with E-state index in [0.717, 1.165) is 41.2 Å². The first-order chi connectivity index (χ1) is 16.5. The van der Waals surface area contributed by atoms with Gasteiger partial charge in [0, 0.05) is 65.9 Å². The predicted molar refractivity (Wildman–Crippen MR) is 135 cm³/mol. The Morgan fingerprint density at radius 1 is 1.09 bits per heavy atom. The Morgan fingerprint density at radius 3 is 2.53 bits per heavy atom. The van der Waals surface area contributed by atoms with Gasteiger partial charge in [0.25, 0.3) is 0 Å². The third-order valence-corrected chi connectivity index (χ3v) is 6.77. The zero-order valence-corrected chi connectivity index (χ0v) is 20.9. The molecule has 4 aromatic rings. The van der Waals surface area contributed by atoms with E-state index in [4.69, 9.17) is 16.3 Å². The van der Waals surface area contributed by atoms with Crippen LogP contribution in [0, 0.1) is 13.8 Å². The van der Waals surface area contributed by atoms with E-state index in [0.29, 0.717) is 22.6 Å². The summed E-state index contributed by atoms with van der Waals surface area (Å²) in [6, 6.07) is 13.2. The van der Waals surface area contributed by atoms with Gasteiger partial charge < -0.3 is 9.30 Å². The van der Waals surface area contributed by atoms with E-state index in [1.54, 1.807) is 19.5 Å². The average Bonchev–Trinajstić information content (AvgIpc) is 3.40. The summed E-state index contributed by atoms with van der Waals surface area (Å²) in [6.07, 6.45) is 4.33. The molecule has 0 saturated heterocycles. The second kappa shape index (κ2) is 11.0. The number of nitrogens with zero attached hydrogens (tertiary/aromatic N) is 5. The number of ketones is 1. The molecule has 0 aliphatic rings. The topological polar surface area (TPSA) is 74.8 Å². The summed E-state index contributed by atoms with van der Waals surface area (Å²) < 4.78 is 9.28. The smallest absolute Gasteiger partial charge is 0.196 e. The quantitative estimate of drug-likeness (QED) is 0.166. The number of Topliss-reactive ketones (excluding diaryl/α,β-unsaturated/α-hetero) is 1. The third kappa shape index (κ3) is 5.24. The first-order valence-electron chi connectivity index (χ1n) is 10.9. The number of thioether (sulfide) groups is 1. The van der Waals surface area contributed by atoms with Gasteiger partial charge in [0.2, 0.25) is 0 Å². The normalized spacial score (nSPS) is 11.2. The largest absolute Gasteiger partial charge is 0.385 e. The van der Waals surface area contributed by atoms with Crippen molar-refractivity contribution in [2.24, 2.45) is 0 Å². The molecule has 0 saturated carbocycles. The van der Waals surface area contributed by atoms with Gasteiger partial charge in [-0.05, 0) is 62.7 Å². The molecule has 4 rings (SSSR count). The van der Waals surface area contributed by atoms with Gasteiger partial charge in [0.1, 0.15) is 0 Å². The first kappa shape index (κ1) is 24.2. The standard InChI is InChI=1S/C25H26ClN5O2S/c1-17-15-22(18(2)30(17)13-4-14-33-3)23(32)16-34-25-29-28-24(19-9-11-27-12-10-19)31(25)21-7-5-20(26)6-8-21/h5-12,15H,4,13-14,16H2,1-3H3. The number of carbonyl (C=O) groups excluding carboxylic acids is 1. The maximum atomic E-state index is 13.2. The fraction of sp³-hybridized carbons (Fsp3) is 0.280. The Balaban J connectivity index is 1.59. The molecule has 34 heavy (non-hydrogen) atoms. The lowest BCUT2D eigenvalue weighted by Crippen LogP contribution is -2.08. The number of aryl methyl sites for hydroxylation is 1. The number of carbonyl (C=O) groups is 1. The van der Waals surface area contributed by atoms with Gasteiger partial charge in [-0.25, -0.2) is 0 Å². The van der Waals surface area contributed by atoms with Gasteiger partial charge >= 0.3 is 0 Å². The summed E-state index contributed by atoms with van der Waals surface area (Å²) in [5, 5.41) is 10.1. The summed E-state index contributed by atoms with van der Waals surface area (Å²) in [5.74, 6) is 0.993. The number of rotatable bonds is 10. The summed E-state index contributed by atoms with van der Waals surface area (Å²) in [5.41, 5.74) is 4.55. The molecular formula is C25H26ClN5O2S. The number of pyridine rings is 1. The Kier molecular flexibility index (Phi) is 7.82. The maximum Gasteiger partial charge on any atom is 0.196 e. The van der Waals surface area contributed by atoms with E-state index in [1.165, 1.54) is 11.8 Å². The molecule has 0 bridgehead atoms. The van der Waals surface area contributed by atoms with Gasteiger partial charge in [-0.3, -0.25) is 14.3 Å². The highest BCUT2D eigenvalue weighted by atomic mass is 35.5. The second-order valence-corrected chi connectivity index (χ2v) is 9.23. The molecule has 0 N–H and O–H groups in total. The fourth-order valence-corrected chi connectivity index (χ4v) is 4.84. The van der Waals surface area contributed by atoms with Crippen LogP contribution in [0.3, 0.4) is 0 Å². The van der Waals surface area contributed by atoms with Crippen molar-refractivity contribution in [3.8, 4) is 17.1 Å². The van der Waals surface area contributed by atoms with Gasteiger partial charge in [-0.15, -0.1) is 10.2 Å². The maximum absolute atomic E-state index is 13.2. The van der Waals surface area contributed by atoms with E-state index in [-0.39, 0.29) is 11.5 Å². The second-order valence-electron chi connectivity index (χ2n) is 7.85. The lowest BCUT2D eigenvalue weighted by molar-refractivity contribution is 0.102. The van der Waals surface area contributed by atoms with Crippen LogP contribution in [0.15, 0.2) is 60.0 Å². The number of halogens is 1. The molecule has 0 amide bonds. The van der Waals surface area contributed by atoms with Crippen LogP contribution in [-0.2, 0) is 11.3 Å². The Bertz CT molecular complexity index is 1270. The zero-order chi connectivity index (χ0) is 24.1. The fourth-order valence-electron chi connectivity index (χ4n) is 3.88. The van der Waals surface area contributed by atoms with Crippen LogP contribution in [0.1, 0.15) is 28.2 Å². The molecule has 7 nitrogen and oxygen atoms in total. The van der Waals surface area contributed by atoms with Crippen molar-refractivity contribution in [1.82, 2.24) is 24.3 Å². The van der Waals surface area contributed by atoms with E-state index in [1.807, 2.05) is 60.9 Å². The van der Waals surface area contributed by atoms with Crippen molar-refractivity contribution in [2.45, 2.75) is 32.0 Å². The molecule has 0 radical (unpaired) electrons. The van der Waals surface area contributed by atoms with Crippen LogP contribution < -0.4 is 0 Å². The number of hydrogen-bond donors (Lipinski definition) is 0. The predicted octanol–water partition coefficient (Wildman–Crippen LogP) is 5.41. The van der Waals surface area contributed by atoms with E-state index < -0.39 is 0 Å². The van der Waals surface area contributed by atoms with Crippen molar-refractivity contribution in [2.75, 3.05) is 19.5 Å². The van der Waals surface area contributed by atoms with E-state index in [9.17, 15) is 4.79 Å². The minimum absolute atomic E-state index is 0.0622. The van der Waals surface area contributed by atoms with Crippen molar-refractivity contribution in [1.29, 1.82) is 0 Å². The average molecular weight is 496 g/mol. The third-order valence-electron chi connectivity index (χ3n) is 5.59. The Hall–Kier alpha value is -2.94. The summed E-state index contributed by atoms with van der Waals surface area (Å²) in [4.78, 5) is 17.3. The van der Waals surface area contributed by atoms with Gasteiger partial charge in [-0.1, -0.05) is 23.4 Å². The van der Waals surface area contributed by atoms with Crippen molar-refractivity contribution in [3.63, 3.8) is 0 Å². The molecule has 9 heteroatoms. The van der Waals surface area contributed by atoms with Crippen LogP contribution in [0.4, 0.5) is 0 Å². The molecule has 3 aromatic heterocycles. The summed E-state index contributed by atoms with van der Waals surface area (Å²) in [7, 11) is 1.70. The lowest BCUT2D eigenvalue weighted by atomic mass is 10.2. The van der Waals surface area contributed by atoms with E-state index in [2.05, 4.69) is 19.7 Å². The SMILES string of the molecule is COCCCn1c(C)cc(C(=O)CSc2nnc(-c3ccncc3)n2-c2ccc(Cl)cc2)c1C. The monoisotopic (exact) mass is 495 g/mol. The molecule has 0 unspecified atom stereocenters. The van der Waals surface area contributed by atoms with Gasteiger partial charge in [-0.2, -0.15) is 0 Å². The molecule has 3 heterocycles. The van der Waals surface area contributed by atoms with Crippen LogP contribution in [0.25, 0.3) is 17.1 Å². The molecule has 0 aliphatic heterocycles. The highest BCUT2D eigenvalue weighted by Gasteiger charge is 2.20. The van der Waals surface area contributed by atoms with Crippen LogP contribution in [0.5, 0.6) is 0 Å². The molecule has 0 atom stereocenters. The van der Waals surface area contributed by atoms with Crippen LogP contribution in [-0.4, -0.2) is 49.6 Å². The van der Waals surface area contributed by atoms with Crippen LogP contribution in [0.2, 0.25) is 5.02 Å². The molecule has 1 aromatic carbocycles. The number of ether oxygens (including phenoxy) is 1. The highest BCUT2D eigenvalue weighted by Crippen LogP contribution is 2.29. The minimum atomic E-state index is 0.0622. The number of benzene rings is 1. The molecule has 0 fully saturated rings. The van der Waals surface area contributed by atoms with Gasteiger partial charge in [0.05, 0.1) is 5.75 Å². The Morgan fingerprint density at radius 2 is 1.82 bits per heavy atom. The number of hydrogen-bond acceptors (Lipinski definition) is 6. The van der Waals surface area contributed by atoms with Crippen molar-refractivity contribution >= 4 is 29.1 Å². The molecule has 0 aliphatic carbocycles. The number of aromatic nitrogens is 5. The van der Waals surface area contributed by atoms with Crippen LogP contribution >= 0.6 is 23.4 Å². The number of methoxy groups -OCH3 is 1. The summed E-state index contributed by atoms with van der Waals surface area (Å²) in [6.45, 7) is 5.54. The molecule has 176 valence electrons. The van der Waals surface area contributed by atoms with Gasteiger partial charge in [0.15, 0.2) is 16.8 Å². The van der Waals surface area contributed by atoms with Crippen molar-refractivity contribution < 1.29 is 9.53 Å². The molecular weight excluding hydrogens is 470 g/mol.